The van der Waals surface area contributed by atoms with Gasteiger partial charge in [0.1, 0.15) is 23.2 Å². The van der Waals surface area contributed by atoms with Gasteiger partial charge in [0, 0.05) is 16.7 Å². The molecule has 4 nitrogen and oxygen atoms in total. The van der Waals surface area contributed by atoms with Crippen LogP contribution in [0.3, 0.4) is 0 Å². The molecule has 1 heterocycles. The van der Waals surface area contributed by atoms with E-state index in [1.807, 2.05) is 0 Å². The Bertz CT molecular complexity index is 761. The molecule has 1 N–H and O–H groups in total. The van der Waals surface area contributed by atoms with Crippen LogP contribution in [0.4, 0.5) is 14.5 Å². The van der Waals surface area contributed by atoms with E-state index in [1.165, 1.54) is 30.3 Å². The van der Waals surface area contributed by atoms with Crippen LogP contribution in [0.15, 0.2) is 51.3 Å². The van der Waals surface area contributed by atoms with Crippen LogP contribution in [-0.4, -0.2) is 11.7 Å². The lowest BCUT2D eigenvalue weighted by atomic mass is 10.2. The Labute approximate surface area is 135 Å². The summed E-state index contributed by atoms with van der Waals surface area (Å²) in [5, 5.41) is 11.6. The van der Waals surface area contributed by atoms with E-state index in [9.17, 15) is 13.6 Å². The molecule has 1 aromatic carbocycles. The lowest BCUT2D eigenvalue weighted by Gasteiger charge is -2.05. The van der Waals surface area contributed by atoms with Crippen molar-refractivity contribution >= 4 is 29.4 Å². The summed E-state index contributed by atoms with van der Waals surface area (Å²) in [5.41, 5.74) is 0.288. The second kappa shape index (κ2) is 7.61. The number of benzene rings is 1. The third-order valence-electron chi connectivity index (χ3n) is 2.75. The van der Waals surface area contributed by atoms with Gasteiger partial charge in [-0.3, -0.25) is 4.79 Å². The number of nitrogens with zero attached hydrogens (tertiary/aromatic N) is 1. The van der Waals surface area contributed by atoms with Crippen molar-refractivity contribution in [3.05, 3.63) is 53.5 Å². The van der Waals surface area contributed by atoms with Crippen molar-refractivity contribution in [1.29, 1.82) is 5.26 Å². The van der Waals surface area contributed by atoms with Crippen LogP contribution in [0.5, 0.6) is 0 Å². The minimum absolute atomic E-state index is 0.120. The van der Waals surface area contributed by atoms with Gasteiger partial charge in [0.15, 0.2) is 0 Å². The third kappa shape index (κ3) is 4.97. The number of amides is 1. The van der Waals surface area contributed by atoms with Crippen molar-refractivity contribution in [3.63, 3.8) is 0 Å². The smallest absolute Gasteiger partial charge is 0.288 e. The summed E-state index contributed by atoms with van der Waals surface area (Å²) in [6.07, 6.45) is 1.34. The number of alkyl halides is 2. The Kier molecular flexibility index (Phi) is 5.55. The van der Waals surface area contributed by atoms with E-state index >= 15 is 0 Å². The Morgan fingerprint density at radius 1 is 1.30 bits per heavy atom. The van der Waals surface area contributed by atoms with Crippen molar-refractivity contribution in [3.8, 4) is 6.07 Å². The monoisotopic (exact) mass is 334 g/mol. The number of rotatable bonds is 5. The van der Waals surface area contributed by atoms with E-state index in [2.05, 4.69) is 5.32 Å². The summed E-state index contributed by atoms with van der Waals surface area (Å²) in [5.74, 6) is -2.03. The summed E-state index contributed by atoms with van der Waals surface area (Å²) in [6.45, 7) is 1.75. The molecule has 1 amide bonds. The first-order valence-corrected chi connectivity index (χ1v) is 7.40. The lowest BCUT2D eigenvalue weighted by Crippen LogP contribution is -2.13. The molecule has 0 atom stereocenters. The van der Waals surface area contributed by atoms with Gasteiger partial charge in [-0.1, -0.05) is 11.8 Å². The Balaban J connectivity index is 2.08. The highest BCUT2D eigenvalue weighted by atomic mass is 32.2. The molecule has 0 aliphatic carbocycles. The molecule has 2 rings (SSSR count). The van der Waals surface area contributed by atoms with E-state index in [0.29, 0.717) is 33.9 Å². The number of halogens is 2. The van der Waals surface area contributed by atoms with Gasteiger partial charge in [0.2, 0.25) is 0 Å². The topological polar surface area (TPSA) is 66.0 Å². The van der Waals surface area contributed by atoms with Gasteiger partial charge in [0.25, 0.3) is 11.7 Å². The van der Waals surface area contributed by atoms with E-state index in [1.54, 1.807) is 25.1 Å². The quantitative estimate of drug-likeness (QED) is 0.498. The molecule has 7 heteroatoms. The van der Waals surface area contributed by atoms with Gasteiger partial charge in [0.05, 0.1) is 0 Å². The molecule has 1 aromatic heterocycles. The van der Waals surface area contributed by atoms with Crippen LogP contribution in [0.1, 0.15) is 11.5 Å². The van der Waals surface area contributed by atoms with Crippen molar-refractivity contribution in [2.75, 3.05) is 5.32 Å². The first-order valence-electron chi connectivity index (χ1n) is 6.52. The Hall–Kier alpha value is -2.59. The summed E-state index contributed by atoms with van der Waals surface area (Å²) < 4.78 is 29.8. The molecule has 0 fully saturated rings. The molecule has 118 valence electrons. The minimum Gasteiger partial charge on any atom is -0.462 e. The molecule has 0 radical (unpaired) electrons. The molecule has 0 saturated carbocycles. The largest absolute Gasteiger partial charge is 0.462 e. The van der Waals surface area contributed by atoms with Crippen molar-refractivity contribution < 1.29 is 18.0 Å². The van der Waals surface area contributed by atoms with E-state index in [-0.39, 0.29) is 5.57 Å². The maximum absolute atomic E-state index is 12.2. The maximum Gasteiger partial charge on any atom is 0.288 e. The Morgan fingerprint density at radius 3 is 2.52 bits per heavy atom. The lowest BCUT2D eigenvalue weighted by molar-refractivity contribution is -0.112. The number of nitriles is 1. The second-order valence-corrected chi connectivity index (χ2v) is 5.54. The Morgan fingerprint density at radius 2 is 2.00 bits per heavy atom. The highest BCUT2D eigenvalue weighted by Crippen LogP contribution is 2.26. The van der Waals surface area contributed by atoms with Crippen LogP contribution in [0.25, 0.3) is 6.08 Å². The fourth-order valence-electron chi connectivity index (χ4n) is 1.74. The molecule has 0 spiro atoms. The normalized spacial score (nSPS) is 11.3. The highest BCUT2D eigenvalue weighted by molar-refractivity contribution is 7.99. The van der Waals surface area contributed by atoms with Crippen LogP contribution >= 0.6 is 11.8 Å². The number of hydrogen-bond donors (Lipinski definition) is 1. The standard InChI is InChI=1S/C16H12F2N2O2S/c1-10-2-5-13(22-10)8-11(9-19)15(21)20-12-3-6-14(7-4-12)23-16(17)18/h2-8,16H,1H3,(H,20,21)/b11-8+. The third-order valence-corrected chi connectivity index (χ3v) is 3.47. The van der Waals surface area contributed by atoms with Gasteiger partial charge < -0.3 is 9.73 Å². The van der Waals surface area contributed by atoms with Gasteiger partial charge in [-0.05, 0) is 43.3 Å². The fourth-order valence-corrected chi connectivity index (χ4v) is 2.24. The minimum atomic E-state index is -2.50. The predicted molar refractivity (Wildman–Crippen MR) is 84.0 cm³/mol. The average Bonchev–Trinajstić information content (AvgIpc) is 2.91. The SMILES string of the molecule is Cc1ccc(/C=C(\C#N)C(=O)Nc2ccc(SC(F)F)cc2)o1. The molecule has 0 aliphatic rings. The zero-order valence-corrected chi connectivity index (χ0v) is 12.9. The number of carbonyl (C=O) groups excluding carboxylic acids is 1. The number of anilines is 1. The van der Waals surface area contributed by atoms with Crippen molar-refractivity contribution in [2.24, 2.45) is 0 Å². The zero-order chi connectivity index (χ0) is 16.8. The van der Waals surface area contributed by atoms with Gasteiger partial charge in [-0.2, -0.15) is 14.0 Å². The molecule has 0 saturated heterocycles. The number of nitrogens with one attached hydrogen (secondary N) is 1. The van der Waals surface area contributed by atoms with Crippen molar-refractivity contribution in [2.45, 2.75) is 17.6 Å². The predicted octanol–water partition coefficient (Wildman–Crippen LogP) is 4.45. The fraction of sp³-hybridized carbons (Fsp3) is 0.125. The van der Waals surface area contributed by atoms with Crippen molar-refractivity contribution in [1.82, 2.24) is 0 Å². The molecular weight excluding hydrogens is 322 g/mol. The van der Waals surface area contributed by atoms with E-state index in [0.717, 1.165) is 0 Å². The summed E-state index contributed by atoms with van der Waals surface area (Å²) >= 11 is 0.419. The number of hydrogen-bond acceptors (Lipinski definition) is 4. The number of thioether (sulfide) groups is 1. The van der Waals surface area contributed by atoms with Crippen LogP contribution in [0.2, 0.25) is 0 Å². The molecule has 0 unspecified atom stereocenters. The molecular formula is C16H12F2N2O2S. The second-order valence-electron chi connectivity index (χ2n) is 4.48. The van der Waals surface area contributed by atoms with Crippen LogP contribution in [0, 0.1) is 18.3 Å². The summed E-state index contributed by atoms with van der Waals surface area (Å²) in [7, 11) is 0. The maximum atomic E-state index is 12.2. The number of furan rings is 1. The number of aryl methyl sites for hydroxylation is 1. The van der Waals surface area contributed by atoms with Crippen LogP contribution < -0.4 is 5.32 Å². The molecule has 2 aromatic rings. The zero-order valence-electron chi connectivity index (χ0n) is 12.0. The summed E-state index contributed by atoms with van der Waals surface area (Å²) in [4.78, 5) is 12.4. The first-order chi connectivity index (χ1) is 11.0. The first kappa shape index (κ1) is 16.8. The molecule has 0 aliphatic heterocycles. The van der Waals surface area contributed by atoms with E-state index in [4.69, 9.17) is 9.68 Å². The summed E-state index contributed by atoms with van der Waals surface area (Å²) in [6, 6.07) is 11.1. The van der Waals surface area contributed by atoms with Gasteiger partial charge in [-0.15, -0.1) is 0 Å². The highest BCUT2D eigenvalue weighted by Gasteiger charge is 2.11. The van der Waals surface area contributed by atoms with Gasteiger partial charge in [-0.25, -0.2) is 0 Å². The average molecular weight is 334 g/mol. The van der Waals surface area contributed by atoms with Gasteiger partial charge >= 0.3 is 0 Å². The van der Waals surface area contributed by atoms with E-state index < -0.39 is 11.7 Å². The number of carbonyl (C=O) groups is 1. The molecule has 0 bridgehead atoms. The molecule has 23 heavy (non-hydrogen) atoms. The van der Waals surface area contributed by atoms with Crippen LogP contribution in [-0.2, 0) is 4.79 Å².